The summed E-state index contributed by atoms with van der Waals surface area (Å²) in [5, 5.41) is 2.75. The Hall–Kier alpha value is -2.45. The van der Waals surface area contributed by atoms with E-state index in [1.54, 1.807) is 6.92 Å². The molecule has 0 radical (unpaired) electrons. The molecule has 3 rings (SSSR count). The van der Waals surface area contributed by atoms with Gasteiger partial charge >= 0.3 is 5.97 Å². The molecule has 0 fully saturated rings. The Morgan fingerprint density at radius 3 is 2.78 bits per heavy atom. The van der Waals surface area contributed by atoms with Gasteiger partial charge in [0.1, 0.15) is 5.56 Å². The first-order chi connectivity index (χ1) is 13.0. The van der Waals surface area contributed by atoms with Gasteiger partial charge in [-0.2, -0.15) is 0 Å². The first-order valence-corrected chi connectivity index (χ1v) is 9.47. The lowest BCUT2D eigenvalue weighted by atomic mass is 10.1. The third kappa shape index (κ3) is 4.64. The fourth-order valence-corrected chi connectivity index (χ4v) is 3.06. The molecular formula is C19H21BrN4O3. The van der Waals surface area contributed by atoms with Gasteiger partial charge in [0.25, 0.3) is 5.56 Å². The van der Waals surface area contributed by atoms with Crippen molar-refractivity contribution in [2.24, 2.45) is 0 Å². The summed E-state index contributed by atoms with van der Waals surface area (Å²) in [5.74, 6) is -0.496. The van der Waals surface area contributed by atoms with Crippen molar-refractivity contribution in [3.8, 4) is 0 Å². The normalized spacial score (nSPS) is 11.3. The van der Waals surface area contributed by atoms with Crippen molar-refractivity contribution >= 4 is 27.5 Å². The minimum Gasteiger partial charge on any atom is -0.462 e. The second-order valence-corrected chi connectivity index (χ2v) is 7.18. The van der Waals surface area contributed by atoms with Crippen molar-refractivity contribution in [2.75, 3.05) is 20.2 Å². The number of carbonyl (C=O) groups excluding carboxylic acids is 1. The number of rotatable bonds is 7. The number of hydrogen-bond acceptors (Lipinski definition) is 5. The van der Waals surface area contributed by atoms with E-state index in [-0.39, 0.29) is 23.4 Å². The number of nitrogens with one attached hydrogen (secondary N) is 1. The molecular weight excluding hydrogens is 412 g/mol. The molecule has 0 atom stereocenters. The molecule has 7 nitrogen and oxygen atoms in total. The molecule has 0 bridgehead atoms. The number of ether oxygens (including phenoxy) is 1. The van der Waals surface area contributed by atoms with Crippen LogP contribution >= 0.6 is 15.9 Å². The average Bonchev–Trinajstić information content (AvgIpc) is 3.06. The Kier molecular flexibility index (Phi) is 6.08. The molecule has 0 saturated carbocycles. The number of esters is 1. The lowest BCUT2D eigenvalue weighted by molar-refractivity contribution is 0.0528. The molecule has 0 amide bonds. The van der Waals surface area contributed by atoms with Crippen LogP contribution in [0.3, 0.4) is 0 Å². The van der Waals surface area contributed by atoms with Gasteiger partial charge in [-0.15, -0.1) is 0 Å². The summed E-state index contributed by atoms with van der Waals surface area (Å²) in [7, 11) is 1.98. The maximum absolute atomic E-state index is 12.3. The summed E-state index contributed by atoms with van der Waals surface area (Å²) in [6.45, 7) is 3.33. The Balaban J connectivity index is 1.74. The van der Waals surface area contributed by atoms with E-state index in [1.807, 2.05) is 19.2 Å². The quantitative estimate of drug-likeness (QED) is 0.580. The molecule has 0 spiro atoms. The summed E-state index contributed by atoms with van der Waals surface area (Å²) < 4.78 is 7.33. The molecule has 0 aliphatic rings. The van der Waals surface area contributed by atoms with Gasteiger partial charge in [0.2, 0.25) is 0 Å². The van der Waals surface area contributed by atoms with Crippen molar-refractivity contribution in [1.29, 1.82) is 0 Å². The van der Waals surface area contributed by atoms with Crippen LogP contribution in [0.2, 0.25) is 0 Å². The fraction of sp³-hybridized carbons (Fsp3) is 0.316. The lowest BCUT2D eigenvalue weighted by Gasteiger charge is -2.16. The third-order valence-corrected chi connectivity index (χ3v) is 4.70. The van der Waals surface area contributed by atoms with Gasteiger partial charge in [-0.05, 0) is 38.1 Å². The summed E-state index contributed by atoms with van der Waals surface area (Å²) in [4.78, 5) is 30.9. The fourth-order valence-electron chi connectivity index (χ4n) is 2.80. The van der Waals surface area contributed by atoms with Crippen LogP contribution in [0.15, 0.2) is 45.8 Å². The van der Waals surface area contributed by atoms with E-state index < -0.39 is 5.97 Å². The van der Waals surface area contributed by atoms with Crippen LogP contribution in [0.5, 0.6) is 0 Å². The first-order valence-electron chi connectivity index (χ1n) is 8.68. The standard InChI is InChI=1S/C19H21BrN4O3/c1-3-27-19(26)16-11-21-24-17(25)10-15(22-18(16)24)12-23(2)9-8-13-4-6-14(20)7-5-13/h4-7,10-11,21H,3,8-9,12H2,1-2H3. The molecule has 8 heteroatoms. The average molecular weight is 433 g/mol. The Morgan fingerprint density at radius 2 is 2.07 bits per heavy atom. The molecule has 0 aliphatic heterocycles. The highest BCUT2D eigenvalue weighted by molar-refractivity contribution is 9.10. The number of aromatic nitrogens is 3. The maximum atomic E-state index is 12.3. The van der Waals surface area contributed by atoms with E-state index in [4.69, 9.17) is 4.74 Å². The van der Waals surface area contributed by atoms with Crippen LogP contribution in [0, 0.1) is 0 Å². The lowest BCUT2D eigenvalue weighted by Crippen LogP contribution is -2.24. The summed E-state index contributed by atoms with van der Waals surface area (Å²) in [5.41, 5.74) is 2.14. The number of likely N-dealkylation sites (N-methyl/N-ethyl adjacent to an activating group) is 1. The first kappa shape index (κ1) is 19.3. The van der Waals surface area contributed by atoms with Crippen LogP contribution < -0.4 is 5.56 Å². The zero-order valence-corrected chi connectivity index (χ0v) is 16.8. The molecule has 0 aliphatic carbocycles. The van der Waals surface area contributed by atoms with Crippen molar-refractivity contribution in [1.82, 2.24) is 19.5 Å². The highest BCUT2D eigenvalue weighted by Gasteiger charge is 2.17. The molecule has 27 heavy (non-hydrogen) atoms. The van der Waals surface area contributed by atoms with Crippen molar-refractivity contribution < 1.29 is 9.53 Å². The number of fused-ring (bicyclic) bond motifs is 1. The zero-order valence-electron chi connectivity index (χ0n) is 15.2. The molecule has 3 aromatic rings. The van der Waals surface area contributed by atoms with Gasteiger partial charge in [0, 0.05) is 29.8 Å². The maximum Gasteiger partial charge on any atom is 0.343 e. The number of halogens is 1. The van der Waals surface area contributed by atoms with Crippen LogP contribution in [0.25, 0.3) is 5.65 Å². The van der Waals surface area contributed by atoms with Crippen molar-refractivity contribution in [3.63, 3.8) is 0 Å². The SMILES string of the molecule is CCOC(=O)c1c[nH]n2c(=O)cc(CN(C)CCc3ccc(Br)cc3)nc12. The van der Waals surface area contributed by atoms with E-state index in [0.717, 1.165) is 17.4 Å². The summed E-state index contributed by atoms with van der Waals surface area (Å²) in [6, 6.07) is 9.69. The molecule has 1 N–H and O–H groups in total. The number of aromatic amines is 1. The topological polar surface area (TPSA) is 79.7 Å². The van der Waals surface area contributed by atoms with Crippen LogP contribution in [-0.2, 0) is 17.7 Å². The molecule has 2 aromatic heterocycles. The Morgan fingerprint density at radius 1 is 1.33 bits per heavy atom. The number of benzene rings is 1. The minimum atomic E-state index is -0.496. The van der Waals surface area contributed by atoms with Crippen LogP contribution in [0.4, 0.5) is 0 Å². The molecule has 2 heterocycles. The summed E-state index contributed by atoms with van der Waals surface area (Å²) >= 11 is 3.43. The van der Waals surface area contributed by atoms with Gasteiger partial charge in [0.05, 0.1) is 12.3 Å². The largest absolute Gasteiger partial charge is 0.462 e. The van der Waals surface area contributed by atoms with Crippen molar-refractivity contribution in [3.05, 3.63) is 68.2 Å². The minimum absolute atomic E-state index is 0.258. The Labute approximate surface area is 165 Å². The van der Waals surface area contributed by atoms with Crippen LogP contribution in [-0.4, -0.2) is 45.7 Å². The van der Waals surface area contributed by atoms with E-state index in [1.165, 1.54) is 22.3 Å². The third-order valence-electron chi connectivity index (χ3n) is 4.17. The number of hydrogen-bond donors (Lipinski definition) is 1. The monoisotopic (exact) mass is 432 g/mol. The molecule has 0 unspecified atom stereocenters. The second-order valence-electron chi connectivity index (χ2n) is 6.27. The number of H-pyrrole nitrogens is 1. The summed E-state index contributed by atoms with van der Waals surface area (Å²) in [6.07, 6.45) is 2.34. The van der Waals surface area contributed by atoms with E-state index >= 15 is 0 Å². The van der Waals surface area contributed by atoms with Gasteiger partial charge in [-0.1, -0.05) is 28.1 Å². The van der Waals surface area contributed by atoms with Gasteiger partial charge in [0.15, 0.2) is 5.65 Å². The van der Waals surface area contributed by atoms with E-state index in [9.17, 15) is 9.59 Å². The van der Waals surface area contributed by atoms with Gasteiger partial charge < -0.3 is 9.64 Å². The van der Waals surface area contributed by atoms with Gasteiger partial charge in [-0.25, -0.2) is 14.3 Å². The van der Waals surface area contributed by atoms with Crippen molar-refractivity contribution in [2.45, 2.75) is 19.9 Å². The smallest absolute Gasteiger partial charge is 0.343 e. The Bertz CT molecular complexity index is 994. The van der Waals surface area contributed by atoms with Gasteiger partial charge in [-0.3, -0.25) is 9.89 Å². The highest BCUT2D eigenvalue weighted by atomic mass is 79.9. The number of carbonyl (C=O) groups is 1. The zero-order chi connectivity index (χ0) is 19.4. The van der Waals surface area contributed by atoms with Crippen LogP contribution in [0.1, 0.15) is 28.5 Å². The molecule has 142 valence electrons. The predicted molar refractivity (Wildman–Crippen MR) is 106 cm³/mol. The molecule has 0 saturated heterocycles. The highest BCUT2D eigenvalue weighted by Crippen LogP contribution is 2.12. The van der Waals surface area contributed by atoms with E-state index in [0.29, 0.717) is 12.2 Å². The van der Waals surface area contributed by atoms with E-state index in [2.05, 4.69) is 43.0 Å². The number of nitrogens with zero attached hydrogens (tertiary/aromatic N) is 3. The predicted octanol–water partition coefficient (Wildman–Crippen LogP) is 2.64. The molecule has 1 aromatic carbocycles. The second kappa shape index (κ2) is 8.49.